The number of rotatable bonds is 8. The minimum atomic E-state index is -3.48. The Morgan fingerprint density at radius 3 is 2.51 bits per heavy atom. The summed E-state index contributed by atoms with van der Waals surface area (Å²) in [6.45, 7) is 0.593. The quantitative estimate of drug-likeness (QED) is 0.329. The predicted molar refractivity (Wildman–Crippen MR) is 147 cm³/mol. The third-order valence-corrected chi connectivity index (χ3v) is 6.99. The van der Waals surface area contributed by atoms with E-state index < -0.39 is 10.0 Å². The Kier molecular flexibility index (Phi) is 6.81. The van der Waals surface area contributed by atoms with Crippen LogP contribution in [0.5, 0.6) is 5.75 Å². The molecule has 1 aliphatic heterocycles. The van der Waals surface area contributed by atoms with Gasteiger partial charge in [-0.3, -0.25) is 14.7 Å². The summed E-state index contributed by atoms with van der Waals surface area (Å²) in [5.74, 6) is 0.384. The van der Waals surface area contributed by atoms with Gasteiger partial charge >= 0.3 is 0 Å². The number of hydrogen-bond acceptors (Lipinski definition) is 6. The minimum Gasteiger partial charge on any atom is -0.494 e. The average molecular weight is 535 g/mol. The second-order valence-electron chi connectivity index (χ2n) is 8.64. The molecule has 4 heterocycles. The van der Waals surface area contributed by atoms with Crippen molar-refractivity contribution in [1.82, 2.24) is 19.9 Å². The molecule has 0 unspecified atom stereocenters. The monoisotopic (exact) mass is 534 g/mol. The molecule has 1 aromatic carbocycles. The molecule has 2 atom stereocenters. The summed E-state index contributed by atoms with van der Waals surface area (Å²) in [7, 11) is -1.98. The summed E-state index contributed by atoms with van der Waals surface area (Å²) in [5, 5.41) is 3.98. The molecular weight excluding hydrogens is 508 g/mol. The number of aromatic nitrogens is 3. The van der Waals surface area contributed by atoms with Crippen LogP contribution in [-0.2, 0) is 16.6 Å². The van der Waals surface area contributed by atoms with Crippen LogP contribution in [0, 0.1) is 0 Å². The maximum absolute atomic E-state index is 11.8. The zero-order valence-corrected chi connectivity index (χ0v) is 21.9. The van der Waals surface area contributed by atoms with E-state index in [1.54, 1.807) is 24.5 Å². The number of anilines is 2. The lowest BCUT2D eigenvalue weighted by molar-refractivity contribution is 0.417. The number of benzene rings is 1. The molecule has 9 nitrogen and oxygen atoms in total. The number of nitrogens with zero attached hydrogens (tertiary/aromatic N) is 4. The maximum atomic E-state index is 11.8. The van der Waals surface area contributed by atoms with Crippen LogP contribution in [0.4, 0.5) is 11.4 Å². The first-order valence-electron chi connectivity index (χ1n) is 11.6. The number of sulfonamides is 1. The molecule has 3 aromatic heterocycles. The molecule has 190 valence electrons. The van der Waals surface area contributed by atoms with Crippen molar-refractivity contribution in [3.05, 3.63) is 102 Å². The number of pyridine rings is 2. The van der Waals surface area contributed by atoms with Gasteiger partial charge in [-0.1, -0.05) is 12.1 Å². The van der Waals surface area contributed by atoms with Crippen LogP contribution < -0.4 is 19.7 Å². The van der Waals surface area contributed by atoms with Crippen molar-refractivity contribution >= 4 is 38.7 Å². The Labute approximate surface area is 221 Å². The number of ether oxygens (including phenoxy) is 1. The Bertz CT molecular complexity index is 1510. The van der Waals surface area contributed by atoms with Crippen molar-refractivity contribution in [2.45, 2.75) is 18.6 Å². The lowest BCUT2D eigenvalue weighted by Gasteiger charge is -2.29. The molecule has 0 spiro atoms. The van der Waals surface area contributed by atoms with Crippen molar-refractivity contribution in [1.29, 1.82) is 0 Å². The zero-order valence-electron chi connectivity index (χ0n) is 20.3. The molecule has 11 heteroatoms. The molecule has 0 radical (unpaired) electrons. The van der Waals surface area contributed by atoms with Gasteiger partial charge in [-0.2, -0.15) is 0 Å². The zero-order chi connectivity index (χ0) is 26.0. The summed E-state index contributed by atoms with van der Waals surface area (Å²) in [6, 6.07) is 20.5. The van der Waals surface area contributed by atoms with E-state index >= 15 is 0 Å². The van der Waals surface area contributed by atoms with Crippen LogP contribution >= 0.6 is 12.2 Å². The number of hydrogen-bond donors (Lipinski definition) is 2. The van der Waals surface area contributed by atoms with Gasteiger partial charge in [0.1, 0.15) is 11.8 Å². The fourth-order valence-electron chi connectivity index (χ4n) is 4.55. The maximum Gasteiger partial charge on any atom is 0.229 e. The van der Waals surface area contributed by atoms with Crippen LogP contribution in [0.1, 0.15) is 29.2 Å². The fourth-order valence-corrected chi connectivity index (χ4v) is 5.47. The first kappa shape index (κ1) is 24.7. The Hall–Kier alpha value is -3.96. The summed E-state index contributed by atoms with van der Waals surface area (Å²) in [6.07, 6.45) is 6.68. The van der Waals surface area contributed by atoms with E-state index in [0.717, 1.165) is 29.0 Å². The van der Waals surface area contributed by atoms with Crippen LogP contribution in [0.15, 0.2) is 85.3 Å². The molecule has 5 rings (SSSR count). The van der Waals surface area contributed by atoms with Gasteiger partial charge in [0.2, 0.25) is 10.0 Å². The largest absolute Gasteiger partial charge is 0.494 e. The fraction of sp³-hybridized carbons (Fsp3) is 0.192. The van der Waals surface area contributed by atoms with Crippen LogP contribution in [-0.4, -0.2) is 41.4 Å². The van der Waals surface area contributed by atoms with Gasteiger partial charge in [0.05, 0.1) is 43.0 Å². The molecule has 37 heavy (non-hydrogen) atoms. The molecule has 1 aliphatic rings. The second-order valence-corrected chi connectivity index (χ2v) is 10.8. The van der Waals surface area contributed by atoms with E-state index in [4.69, 9.17) is 17.0 Å². The van der Waals surface area contributed by atoms with Crippen molar-refractivity contribution in [3.63, 3.8) is 0 Å². The first-order valence-corrected chi connectivity index (χ1v) is 13.9. The lowest BCUT2D eigenvalue weighted by atomic mass is 10.0. The number of nitrogens with one attached hydrogen (secondary N) is 2. The van der Waals surface area contributed by atoms with Crippen LogP contribution in [0.25, 0.3) is 0 Å². The van der Waals surface area contributed by atoms with Gasteiger partial charge in [0.25, 0.3) is 0 Å². The summed E-state index contributed by atoms with van der Waals surface area (Å²) in [5.41, 5.74) is 3.91. The highest BCUT2D eigenvalue weighted by Crippen LogP contribution is 2.43. The molecule has 0 amide bonds. The molecule has 1 saturated heterocycles. The van der Waals surface area contributed by atoms with Crippen LogP contribution in [0.2, 0.25) is 0 Å². The normalized spacial score (nSPS) is 17.5. The van der Waals surface area contributed by atoms with Gasteiger partial charge in [0.15, 0.2) is 5.11 Å². The van der Waals surface area contributed by atoms with E-state index in [1.807, 2.05) is 59.6 Å². The second kappa shape index (κ2) is 10.2. The molecule has 0 saturated carbocycles. The topological polar surface area (TPSA) is 101 Å². The Balaban J connectivity index is 1.60. The van der Waals surface area contributed by atoms with Crippen molar-refractivity contribution in [2.75, 3.05) is 23.0 Å². The van der Waals surface area contributed by atoms with E-state index in [2.05, 4.69) is 30.6 Å². The van der Waals surface area contributed by atoms with E-state index in [-0.39, 0.29) is 12.1 Å². The summed E-state index contributed by atoms with van der Waals surface area (Å²) >= 11 is 5.84. The highest BCUT2D eigenvalue weighted by Gasteiger charge is 2.42. The van der Waals surface area contributed by atoms with Gasteiger partial charge in [-0.25, -0.2) is 8.42 Å². The van der Waals surface area contributed by atoms with Gasteiger partial charge < -0.3 is 19.5 Å². The van der Waals surface area contributed by atoms with Gasteiger partial charge in [-0.15, -0.1) is 0 Å². The standard InChI is InChI=1S/C26H26N6O3S2/c1-35-23-16-19(11-12-20(23)30-37(2,33)34)32-25(24(29-26(32)36)21-9-4-6-14-28-21)22-10-7-15-31(22)17-18-8-3-5-13-27-18/h3-16,24-25,30H,17H2,1-2H3,(H,29,36)/t24-,25-/m1/s1. The summed E-state index contributed by atoms with van der Waals surface area (Å²) in [4.78, 5) is 11.1. The van der Waals surface area contributed by atoms with Crippen molar-refractivity contribution in [2.24, 2.45) is 0 Å². The Morgan fingerprint density at radius 2 is 1.84 bits per heavy atom. The van der Waals surface area contributed by atoms with Crippen molar-refractivity contribution < 1.29 is 13.2 Å². The van der Waals surface area contributed by atoms with Gasteiger partial charge in [-0.05, 0) is 60.7 Å². The van der Waals surface area contributed by atoms with E-state index in [1.165, 1.54) is 7.11 Å². The summed E-state index contributed by atoms with van der Waals surface area (Å²) < 4.78 is 33.8. The predicted octanol–water partition coefficient (Wildman–Crippen LogP) is 3.88. The molecule has 2 N–H and O–H groups in total. The third kappa shape index (κ3) is 5.27. The minimum absolute atomic E-state index is 0.231. The van der Waals surface area contributed by atoms with Crippen molar-refractivity contribution in [3.8, 4) is 5.75 Å². The smallest absolute Gasteiger partial charge is 0.229 e. The van der Waals surface area contributed by atoms with E-state index in [9.17, 15) is 8.42 Å². The molecule has 0 bridgehead atoms. The molecule has 1 fully saturated rings. The highest BCUT2D eigenvalue weighted by atomic mass is 32.2. The SMILES string of the molecule is COc1cc(N2C(=S)N[C@H](c3ccccn3)[C@H]2c2cccn2Cc2ccccn2)ccc1NS(C)(=O)=O. The Morgan fingerprint density at radius 1 is 1.05 bits per heavy atom. The molecule has 0 aliphatic carbocycles. The number of thiocarbonyl (C=S) groups is 1. The third-order valence-electron chi connectivity index (χ3n) is 6.08. The van der Waals surface area contributed by atoms with Crippen LogP contribution in [0.3, 0.4) is 0 Å². The average Bonchev–Trinajstić information content (AvgIpc) is 3.48. The first-order chi connectivity index (χ1) is 17.8. The highest BCUT2D eigenvalue weighted by molar-refractivity contribution is 7.92. The number of methoxy groups -OCH3 is 1. The molecular formula is C26H26N6O3S2. The van der Waals surface area contributed by atoms with E-state index in [0.29, 0.717) is 23.1 Å². The lowest BCUT2D eigenvalue weighted by Crippen LogP contribution is -2.30. The molecule has 4 aromatic rings. The van der Waals surface area contributed by atoms with Gasteiger partial charge in [0, 0.05) is 36.0 Å².